The van der Waals surface area contributed by atoms with Gasteiger partial charge in [0.1, 0.15) is 18.0 Å². The monoisotopic (exact) mass is 555 g/mol. The molecule has 0 amide bonds. The molecule has 0 aliphatic heterocycles. The van der Waals surface area contributed by atoms with Crippen LogP contribution in [0.4, 0.5) is 0 Å². The molecule has 0 fully saturated rings. The van der Waals surface area contributed by atoms with E-state index in [9.17, 15) is 0 Å². The smallest absolute Gasteiger partial charge is 0.191 e. The summed E-state index contributed by atoms with van der Waals surface area (Å²) in [5.74, 6) is 1.54. The molecule has 3 aromatic rings. The Hall–Kier alpha value is -2.07. The van der Waals surface area contributed by atoms with E-state index in [1.165, 1.54) is 0 Å². The Morgan fingerprint density at radius 2 is 2.00 bits per heavy atom. The van der Waals surface area contributed by atoms with E-state index >= 15 is 0 Å². The average molecular weight is 556 g/mol. The first-order chi connectivity index (χ1) is 13.2. The Bertz CT molecular complexity index is 957. The van der Waals surface area contributed by atoms with Crippen molar-refractivity contribution in [3.05, 3.63) is 77.2 Å². The van der Waals surface area contributed by atoms with E-state index in [4.69, 9.17) is 4.74 Å². The van der Waals surface area contributed by atoms with E-state index in [-0.39, 0.29) is 24.0 Å². The minimum atomic E-state index is 0. The fourth-order valence-corrected chi connectivity index (χ4v) is 2.97. The first-order valence-electron chi connectivity index (χ1n) is 8.59. The fourth-order valence-electron chi connectivity index (χ4n) is 2.62. The van der Waals surface area contributed by atoms with Crippen molar-refractivity contribution < 1.29 is 4.74 Å². The van der Waals surface area contributed by atoms with Gasteiger partial charge in [0.05, 0.1) is 12.2 Å². The molecule has 2 N–H and O–H groups in total. The van der Waals surface area contributed by atoms with Gasteiger partial charge in [-0.15, -0.1) is 24.0 Å². The molecule has 0 saturated carbocycles. The molecular formula is C20H23BrIN5O. The molecule has 0 spiro atoms. The zero-order valence-corrected chi connectivity index (χ0v) is 19.5. The maximum absolute atomic E-state index is 5.69. The number of rotatable bonds is 7. The molecule has 0 saturated heterocycles. The molecule has 8 heteroatoms. The number of guanidine groups is 1. The highest BCUT2D eigenvalue weighted by atomic mass is 127. The van der Waals surface area contributed by atoms with Crippen LogP contribution in [0.3, 0.4) is 0 Å². The van der Waals surface area contributed by atoms with Crippen LogP contribution in [0.5, 0.6) is 5.75 Å². The third-order valence-corrected chi connectivity index (χ3v) is 4.37. The zero-order chi connectivity index (χ0) is 19.1. The quantitative estimate of drug-likeness (QED) is 0.199. The van der Waals surface area contributed by atoms with Gasteiger partial charge in [-0.25, -0.2) is 4.98 Å². The van der Waals surface area contributed by atoms with Crippen molar-refractivity contribution in [2.24, 2.45) is 4.99 Å². The highest BCUT2D eigenvalue weighted by Gasteiger charge is 2.06. The van der Waals surface area contributed by atoms with Gasteiger partial charge in [0.15, 0.2) is 5.96 Å². The summed E-state index contributed by atoms with van der Waals surface area (Å²) in [6.45, 7) is 5.35. The van der Waals surface area contributed by atoms with E-state index in [0.29, 0.717) is 25.7 Å². The lowest BCUT2D eigenvalue weighted by Gasteiger charge is -2.14. The first kappa shape index (κ1) is 22.2. The van der Waals surface area contributed by atoms with E-state index in [2.05, 4.69) is 43.1 Å². The predicted molar refractivity (Wildman–Crippen MR) is 127 cm³/mol. The van der Waals surface area contributed by atoms with Gasteiger partial charge in [-0.1, -0.05) is 30.9 Å². The van der Waals surface area contributed by atoms with Crippen molar-refractivity contribution in [3.63, 3.8) is 0 Å². The highest BCUT2D eigenvalue weighted by Crippen LogP contribution is 2.17. The first-order valence-corrected chi connectivity index (χ1v) is 9.38. The van der Waals surface area contributed by atoms with Crippen LogP contribution < -0.4 is 15.4 Å². The number of imidazole rings is 1. The molecule has 28 heavy (non-hydrogen) atoms. The summed E-state index contributed by atoms with van der Waals surface area (Å²) in [6.07, 6.45) is 5.72. The maximum atomic E-state index is 5.69. The van der Waals surface area contributed by atoms with Crippen LogP contribution in [0, 0.1) is 0 Å². The molecule has 1 aromatic carbocycles. The third-order valence-electron chi connectivity index (χ3n) is 3.90. The molecule has 6 nitrogen and oxygen atoms in total. The number of fused-ring (bicyclic) bond motifs is 1. The van der Waals surface area contributed by atoms with Crippen LogP contribution in [0.25, 0.3) is 5.65 Å². The Morgan fingerprint density at radius 1 is 1.21 bits per heavy atom. The van der Waals surface area contributed by atoms with E-state index in [1.54, 1.807) is 13.1 Å². The van der Waals surface area contributed by atoms with Gasteiger partial charge in [0.25, 0.3) is 0 Å². The number of hydrogen-bond acceptors (Lipinski definition) is 3. The minimum Gasteiger partial charge on any atom is -0.489 e. The number of para-hydroxylation sites is 1. The molecule has 0 aliphatic rings. The van der Waals surface area contributed by atoms with Crippen LogP contribution >= 0.6 is 39.9 Å². The maximum Gasteiger partial charge on any atom is 0.191 e. The van der Waals surface area contributed by atoms with Crippen molar-refractivity contribution in [2.75, 3.05) is 13.7 Å². The average Bonchev–Trinajstić information content (AvgIpc) is 3.09. The van der Waals surface area contributed by atoms with Crippen molar-refractivity contribution in [1.29, 1.82) is 0 Å². The van der Waals surface area contributed by atoms with Gasteiger partial charge in [0.2, 0.25) is 0 Å². The predicted octanol–water partition coefficient (Wildman–Crippen LogP) is 4.14. The summed E-state index contributed by atoms with van der Waals surface area (Å²) >= 11 is 3.47. The summed E-state index contributed by atoms with van der Waals surface area (Å²) < 4.78 is 8.70. The van der Waals surface area contributed by atoms with Crippen LogP contribution in [-0.2, 0) is 13.1 Å². The van der Waals surface area contributed by atoms with Gasteiger partial charge in [-0.05, 0) is 34.1 Å². The van der Waals surface area contributed by atoms with Crippen LogP contribution in [0.2, 0.25) is 0 Å². The number of benzene rings is 1. The van der Waals surface area contributed by atoms with Gasteiger partial charge < -0.3 is 19.8 Å². The molecule has 0 atom stereocenters. The third kappa shape index (κ3) is 5.96. The molecule has 3 rings (SSSR count). The summed E-state index contributed by atoms with van der Waals surface area (Å²) in [4.78, 5) is 8.87. The highest BCUT2D eigenvalue weighted by molar-refractivity contribution is 14.0. The molecule has 0 unspecified atom stereocenters. The Kier molecular flexibility index (Phi) is 8.78. The van der Waals surface area contributed by atoms with E-state index in [1.807, 2.05) is 53.2 Å². The number of aliphatic imine (C=N–C) groups is 1. The summed E-state index contributed by atoms with van der Waals surface area (Å²) in [5.41, 5.74) is 2.90. The van der Waals surface area contributed by atoms with Gasteiger partial charge in [-0.3, -0.25) is 4.99 Å². The lowest BCUT2D eigenvalue weighted by molar-refractivity contribution is 0.358. The Morgan fingerprint density at radius 3 is 2.79 bits per heavy atom. The number of nitrogens with zero attached hydrogens (tertiary/aromatic N) is 3. The standard InChI is InChI=1S/C20H22BrN5O.HI/c1-3-10-27-18-7-5-4-6-15(18)11-23-20(22-2)24-12-17-14-26-13-16(21)8-9-19(26)25-17;/h3-9,13-14H,1,10-12H2,2H3,(H2,22,23,24);1H. The number of aromatic nitrogens is 2. The van der Waals surface area contributed by atoms with Crippen molar-refractivity contribution in [1.82, 2.24) is 20.0 Å². The second kappa shape index (κ2) is 11.1. The molecule has 0 aliphatic carbocycles. The van der Waals surface area contributed by atoms with Crippen molar-refractivity contribution >= 4 is 51.5 Å². The molecule has 2 aromatic heterocycles. The molecule has 148 valence electrons. The van der Waals surface area contributed by atoms with Crippen molar-refractivity contribution in [2.45, 2.75) is 13.1 Å². The van der Waals surface area contributed by atoms with Crippen LogP contribution in [0.15, 0.2) is 70.9 Å². The Labute approximate surface area is 190 Å². The molecular weight excluding hydrogens is 533 g/mol. The topological polar surface area (TPSA) is 63.0 Å². The lowest BCUT2D eigenvalue weighted by Crippen LogP contribution is -2.36. The van der Waals surface area contributed by atoms with Crippen LogP contribution in [-0.4, -0.2) is 29.0 Å². The zero-order valence-electron chi connectivity index (χ0n) is 15.6. The normalized spacial score (nSPS) is 11.0. The largest absolute Gasteiger partial charge is 0.489 e. The number of hydrogen-bond donors (Lipinski definition) is 2. The molecule has 0 radical (unpaired) electrons. The Balaban J connectivity index is 0.00000280. The van der Waals surface area contributed by atoms with E-state index < -0.39 is 0 Å². The van der Waals surface area contributed by atoms with Gasteiger partial charge >= 0.3 is 0 Å². The molecule has 0 bridgehead atoms. The summed E-state index contributed by atoms with van der Waals surface area (Å²) in [7, 11) is 1.75. The number of pyridine rings is 1. The van der Waals surface area contributed by atoms with Crippen LogP contribution in [0.1, 0.15) is 11.3 Å². The number of ether oxygens (including phenoxy) is 1. The fraction of sp³-hybridized carbons (Fsp3) is 0.200. The van der Waals surface area contributed by atoms with Gasteiger partial charge in [0, 0.05) is 36.0 Å². The minimum absolute atomic E-state index is 0. The van der Waals surface area contributed by atoms with Gasteiger partial charge in [-0.2, -0.15) is 0 Å². The lowest BCUT2D eigenvalue weighted by atomic mass is 10.2. The molecule has 2 heterocycles. The number of halogens is 2. The summed E-state index contributed by atoms with van der Waals surface area (Å²) in [5, 5.41) is 6.60. The van der Waals surface area contributed by atoms with E-state index in [0.717, 1.165) is 27.1 Å². The summed E-state index contributed by atoms with van der Waals surface area (Å²) in [6, 6.07) is 11.9. The van der Waals surface area contributed by atoms with Crippen molar-refractivity contribution in [3.8, 4) is 5.75 Å². The SMILES string of the molecule is C=CCOc1ccccc1CNC(=NC)NCc1cn2cc(Br)ccc2n1.I. The second-order valence-electron chi connectivity index (χ2n) is 5.83. The second-order valence-corrected chi connectivity index (χ2v) is 6.75. The number of nitrogens with one attached hydrogen (secondary N) is 2.